The smallest absolute Gasteiger partial charge is 0.273 e. The van der Waals surface area contributed by atoms with E-state index in [1.165, 1.54) is 5.56 Å². The molecule has 0 radical (unpaired) electrons. The number of carbonyl (C=O) groups excluding carboxylic acids is 1. The molecule has 7 heteroatoms. The van der Waals surface area contributed by atoms with Crippen LogP contribution in [-0.4, -0.2) is 36.2 Å². The number of hydrogen-bond acceptors (Lipinski definition) is 4. The summed E-state index contributed by atoms with van der Waals surface area (Å²) in [6.45, 7) is 0.879. The lowest BCUT2D eigenvalue weighted by Gasteiger charge is -2.12. The van der Waals surface area contributed by atoms with Gasteiger partial charge in [-0.2, -0.15) is 0 Å². The second-order valence-corrected chi connectivity index (χ2v) is 9.63. The number of aromatic nitrogens is 2. The molecule has 0 fully saturated rings. The highest BCUT2D eigenvalue weighted by Gasteiger charge is 2.30. The lowest BCUT2D eigenvalue weighted by molar-refractivity contribution is 0.102. The van der Waals surface area contributed by atoms with E-state index < -0.39 is 0 Å². The van der Waals surface area contributed by atoms with Gasteiger partial charge in [-0.05, 0) is 78.9 Å². The van der Waals surface area contributed by atoms with E-state index in [-0.39, 0.29) is 5.91 Å². The molecule has 0 atom stereocenters. The molecule has 3 aromatic carbocycles. The molecule has 2 aromatic heterocycles. The van der Waals surface area contributed by atoms with Crippen LogP contribution in [0.5, 0.6) is 17.2 Å². The molecule has 0 saturated carbocycles. The summed E-state index contributed by atoms with van der Waals surface area (Å²) in [7, 11) is 4.93. The summed E-state index contributed by atoms with van der Waals surface area (Å²) < 4.78 is 20.7. The van der Waals surface area contributed by atoms with E-state index in [2.05, 4.69) is 32.6 Å². The number of benzene rings is 3. The fraction of sp³-hybridized carbons (Fsp3) is 0.219. The Morgan fingerprint density at radius 3 is 2.13 bits per heavy atom. The third-order valence-electron chi connectivity index (χ3n) is 7.47. The highest BCUT2D eigenvalue weighted by atomic mass is 16.5. The van der Waals surface area contributed by atoms with Gasteiger partial charge in [0.1, 0.15) is 28.6 Å². The van der Waals surface area contributed by atoms with Gasteiger partial charge in [0, 0.05) is 23.9 Å². The van der Waals surface area contributed by atoms with Crippen molar-refractivity contribution in [2.75, 3.05) is 26.6 Å². The van der Waals surface area contributed by atoms with Gasteiger partial charge >= 0.3 is 0 Å². The van der Waals surface area contributed by atoms with Crippen LogP contribution in [0.15, 0.2) is 79.0 Å². The Morgan fingerprint density at radius 1 is 0.795 bits per heavy atom. The van der Waals surface area contributed by atoms with Crippen molar-refractivity contribution in [3.05, 3.63) is 90.3 Å². The van der Waals surface area contributed by atoms with Crippen LogP contribution in [0, 0.1) is 0 Å². The van der Waals surface area contributed by atoms with Crippen LogP contribution in [0.3, 0.4) is 0 Å². The van der Waals surface area contributed by atoms with Crippen LogP contribution in [0.2, 0.25) is 0 Å². The van der Waals surface area contributed by atoms with Gasteiger partial charge in [0.25, 0.3) is 5.91 Å². The number of rotatable bonds is 7. The highest BCUT2D eigenvalue weighted by molar-refractivity contribution is 6.10. The minimum Gasteiger partial charge on any atom is -0.497 e. The van der Waals surface area contributed by atoms with Crippen LogP contribution in [0.4, 0.5) is 5.69 Å². The van der Waals surface area contributed by atoms with Gasteiger partial charge in [-0.3, -0.25) is 9.20 Å². The van der Waals surface area contributed by atoms with Crippen molar-refractivity contribution < 1.29 is 19.0 Å². The van der Waals surface area contributed by atoms with Crippen LogP contribution >= 0.6 is 0 Å². The number of amides is 1. The number of aryl methyl sites for hydroxylation is 2. The van der Waals surface area contributed by atoms with E-state index in [0.717, 1.165) is 65.3 Å². The van der Waals surface area contributed by atoms with Gasteiger partial charge in [0.15, 0.2) is 0 Å². The molecular formula is C32H31N3O4. The number of methoxy groups -OCH3 is 3. The second-order valence-electron chi connectivity index (χ2n) is 9.63. The Kier molecular flexibility index (Phi) is 6.49. The molecule has 0 unspecified atom stereocenters. The van der Waals surface area contributed by atoms with Crippen molar-refractivity contribution >= 4 is 17.2 Å². The number of nitrogens with one attached hydrogen (secondary N) is 1. The van der Waals surface area contributed by atoms with Gasteiger partial charge in [0.2, 0.25) is 0 Å². The second kappa shape index (κ2) is 10.3. The topological polar surface area (TPSA) is 66.1 Å². The fourth-order valence-corrected chi connectivity index (χ4v) is 5.60. The summed E-state index contributed by atoms with van der Waals surface area (Å²) in [6.07, 6.45) is 5.09. The quantitative estimate of drug-likeness (QED) is 0.259. The van der Waals surface area contributed by atoms with Crippen molar-refractivity contribution in [1.29, 1.82) is 0 Å². The molecule has 7 nitrogen and oxygen atoms in total. The lowest BCUT2D eigenvalue weighted by Crippen LogP contribution is -2.16. The third-order valence-corrected chi connectivity index (χ3v) is 7.47. The van der Waals surface area contributed by atoms with Gasteiger partial charge in [0.05, 0.1) is 32.7 Å². The Hall–Kier alpha value is -4.65. The number of ether oxygens (including phenoxy) is 3. The molecule has 0 spiro atoms. The molecule has 6 rings (SSSR count). The maximum atomic E-state index is 14.2. The first-order chi connectivity index (χ1) is 19.1. The normalized spacial score (nSPS) is 12.7. The molecule has 0 saturated heterocycles. The van der Waals surface area contributed by atoms with Crippen LogP contribution in [0.25, 0.3) is 28.0 Å². The molecule has 1 N–H and O–H groups in total. The Bertz CT molecular complexity index is 1650. The van der Waals surface area contributed by atoms with Crippen LogP contribution < -0.4 is 19.5 Å². The van der Waals surface area contributed by atoms with Crippen LogP contribution in [0.1, 0.15) is 28.9 Å². The predicted molar refractivity (Wildman–Crippen MR) is 153 cm³/mol. The van der Waals surface area contributed by atoms with Crippen molar-refractivity contribution in [2.24, 2.45) is 0 Å². The van der Waals surface area contributed by atoms with E-state index >= 15 is 0 Å². The standard InChI is InChI=1S/C32H31N3O4/c1-37-23-15-11-21(12-16-23)27-20-35-30(31(36)33-26-9-4-5-10-28(26)39-3)29(22-13-17-24(38-2)18-14-22)25-8-6-7-19-34(27)32(25)35/h4-5,9-18,20H,6-8,19H2,1-3H3,(H,33,36). The predicted octanol–water partition coefficient (Wildman–Crippen LogP) is 6.69. The van der Waals surface area contributed by atoms with Gasteiger partial charge < -0.3 is 24.1 Å². The summed E-state index contributed by atoms with van der Waals surface area (Å²) in [5.74, 6) is 2.01. The Morgan fingerprint density at radius 2 is 1.46 bits per heavy atom. The third kappa shape index (κ3) is 4.30. The van der Waals surface area contributed by atoms with E-state index in [1.807, 2.05) is 60.7 Å². The van der Waals surface area contributed by atoms with Crippen molar-refractivity contribution in [1.82, 2.24) is 8.97 Å². The largest absolute Gasteiger partial charge is 0.497 e. The summed E-state index contributed by atoms with van der Waals surface area (Å²) in [4.78, 5) is 14.2. The molecule has 1 aliphatic heterocycles. The molecule has 1 amide bonds. The molecular weight excluding hydrogens is 490 g/mol. The number of nitrogens with zero attached hydrogens (tertiary/aromatic N) is 2. The van der Waals surface area contributed by atoms with E-state index in [0.29, 0.717) is 17.1 Å². The number of anilines is 1. The fourth-order valence-electron chi connectivity index (χ4n) is 5.60. The number of carbonyl (C=O) groups is 1. The zero-order valence-corrected chi connectivity index (χ0v) is 22.4. The summed E-state index contributed by atoms with van der Waals surface area (Å²) in [5.41, 5.74) is 7.57. The number of imidazole rings is 1. The number of para-hydroxylation sites is 2. The molecule has 1 aliphatic rings. The van der Waals surface area contributed by atoms with E-state index in [9.17, 15) is 4.79 Å². The Balaban J connectivity index is 1.58. The monoisotopic (exact) mass is 521 g/mol. The van der Waals surface area contributed by atoms with Crippen molar-refractivity contribution in [2.45, 2.75) is 25.8 Å². The summed E-state index contributed by atoms with van der Waals surface area (Å²) >= 11 is 0. The molecule has 0 aliphatic carbocycles. The van der Waals surface area contributed by atoms with Gasteiger partial charge in [-0.1, -0.05) is 24.3 Å². The first-order valence-corrected chi connectivity index (χ1v) is 13.1. The molecule has 39 heavy (non-hydrogen) atoms. The van der Waals surface area contributed by atoms with Gasteiger partial charge in [-0.15, -0.1) is 0 Å². The minimum absolute atomic E-state index is 0.189. The first kappa shape index (κ1) is 24.7. The minimum atomic E-state index is -0.189. The highest BCUT2D eigenvalue weighted by Crippen LogP contribution is 2.40. The zero-order chi connectivity index (χ0) is 26.9. The zero-order valence-electron chi connectivity index (χ0n) is 22.4. The molecule has 5 aromatic rings. The van der Waals surface area contributed by atoms with E-state index in [1.54, 1.807) is 21.3 Å². The maximum absolute atomic E-state index is 14.2. The van der Waals surface area contributed by atoms with E-state index in [4.69, 9.17) is 14.2 Å². The van der Waals surface area contributed by atoms with Crippen molar-refractivity contribution in [3.63, 3.8) is 0 Å². The lowest BCUT2D eigenvalue weighted by atomic mass is 9.97. The number of hydrogen-bond donors (Lipinski definition) is 1. The Labute approximate surface area is 227 Å². The maximum Gasteiger partial charge on any atom is 0.273 e. The average Bonchev–Trinajstić information content (AvgIpc) is 3.40. The SMILES string of the molecule is COc1ccc(-c2c3c4n(c(-c5ccc(OC)cc5)cn4c2C(=O)Nc2ccccc2OC)CCCC3)cc1. The first-order valence-electron chi connectivity index (χ1n) is 13.1. The molecule has 198 valence electrons. The van der Waals surface area contributed by atoms with Crippen LogP contribution in [-0.2, 0) is 13.0 Å². The summed E-state index contributed by atoms with van der Waals surface area (Å²) in [5, 5.41) is 3.12. The van der Waals surface area contributed by atoms with Crippen molar-refractivity contribution in [3.8, 4) is 39.6 Å². The summed E-state index contributed by atoms with van der Waals surface area (Å²) in [6, 6.07) is 23.5. The average molecular weight is 522 g/mol. The van der Waals surface area contributed by atoms with Gasteiger partial charge in [-0.25, -0.2) is 0 Å². The molecule has 0 bridgehead atoms. The molecule has 3 heterocycles.